The lowest BCUT2D eigenvalue weighted by molar-refractivity contribution is 0.102. The van der Waals surface area contributed by atoms with Crippen LogP contribution in [0.4, 0.5) is 11.5 Å². The van der Waals surface area contributed by atoms with Crippen LogP contribution < -0.4 is 25.0 Å². The normalized spacial score (nSPS) is 17.9. The monoisotopic (exact) mass is 465 g/mol. The van der Waals surface area contributed by atoms with E-state index >= 15 is 0 Å². The van der Waals surface area contributed by atoms with Gasteiger partial charge in [-0.3, -0.25) is 9.89 Å². The van der Waals surface area contributed by atoms with Crippen LogP contribution in [0.2, 0.25) is 0 Å². The fraction of sp³-hybridized carbons (Fsp3) is 0.385. The number of piperazine rings is 1. The molecule has 8 nitrogen and oxygen atoms in total. The minimum atomic E-state index is -0.177. The summed E-state index contributed by atoms with van der Waals surface area (Å²) in [6, 6.07) is 16.3. The van der Waals surface area contributed by atoms with Crippen molar-refractivity contribution in [2.75, 3.05) is 37.5 Å². The van der Waals surface area contributed by atoms with Gasteiger partial charge in [0.2, 0.25) is 0 Å². The third kappa shape index (κ3) is 5.88. The van der Waals surface area contributed by atoms with Crippen molar-refractivity contribution in [2.45, 2.75) is 38.8 Å². The Morgan fingerprint density at radius 1 is 1.03 bits per heavy atom. The molecule has 182 valence electrons. The van der Waals surface area contributed by atoms with Crippen molar-refractivity contribution >= 4 is 17.4 Å². The Hall–Kier alpha value is -3.52. The highest BCUT2D eigenvalue weighted by Crippen LogP contribution is 2.24. The molecule has 2 heterocycles. The standard InChI is InChI=1S/C26H33N5O3.H2/c1-17-15-31(16-18(2)27-17)22-9-6-20(7-10-22)26(32)28-25-13-21(29-30-25)8-5-19-11-23(33-3)14-24(12-19)34-4;/h6-7,9-14,17-18,27H,5,8,15-16H2,1-4H3,(H2,28,29,30,32);1H/t17-,18+;. The molecule has 1 aromatic heterocycles. The zero-order valence-electron chi connectivity index (χ0n) is 20.2. The highest BCUT2D eigenvalue weighted by Gasteiger charge is 2.21. The van der Waals surface area contributed by atoms with Gasteiger partial charge in [-0.1, -0.05) is 0 Å². The third-order valence-corrected chi connectivity index (χ3v) is 6.02. The Bertz CT molecular complexity index is 1090. The van der Waals surface area contributed by atoms with Gasteiger partial charge in [0.25, 0.3) is 5.91 Å². The average molecular weight is 466 g/mol. The number of hydrogen-bond donors (Lipinski definition) is 3. The summed E-state index contributed by atoms with van der Waals surface area (Å²) in [6.07, 6.45) is 1.53. The summed E-state index contributed by atoms with van der Waals surface area (Å²) < 4.78 is 10.7. The summed E-state index contributed by atoms with van der Waals surface area (Å²) in [4.78, 5) is 15.1. The van der Waals surface area contributed by atoms with E-state index in [1.165, 1.54) is 0 Å². The van der Waals surface area contributed by atoms with Gasteiger partial charge in [-0.15, -0.1) is 0 Å². The van der Waals surface area contributed by atoms with Crippen LogP contribution in [0, 0.1) is 0 Å². The Morgan fingerprint density at radius 2 is 1.68 bits per heavy atom. The van der Waals surface area contributed by atoms with E-state index in [2.05, 4.69) is 39.6 Å². The molecule has 1 saturated heterocycles. The maximum absolute atomic E-state index is 12.7. The van der Waals surface area contributed by atoms with E-state index in [1.807, 2.05) is 48.5 Å². The second kappa shape index (κ2) is 10.6. The highest BCUT2D eigenvalue weighted by atomic mass is 16.5. The molecule has 1 aliphatic heterocycles. The van der Waals surface area contributed by atoms with Crippen LogP contribution >= 0.6 is 0 Å². The number of rotatable bonds is 8. The quantitative estimate of drug-likeness (QED) is 0.467. The molecule has 8 heteroatoms. The smallest absolute Gasteiger partial charge is 0.256 e. The molecule has 3 N–H and O–H groups in total. The number of ether oxygens (including phenoxy) is 2. The fourth-order valence-electron chi connectivity index (χ4n) is 4.39. The van der Waals surface area contributed by atoms with E-state index in [0.29, 0.717) is 23.5 Å². The molecule has 0 spiro atoms. The van der Waals surface area contributed by atoms with Crippen molar-refractivity contribution in [1.82, 2.24) is 15.5 Å². The number of aryl methyl sites for hydroxylation is 2. The van der Waals surface area contributed by atoms with Gasteiger partial charge >= 0.3 is 0 Å². The first-order valence-corrected chi connectivity index (χ1v) is 11.6. The van der Waals surface area contributed by atoms with Crippen molar-refractivity contribution in [3.63, 3.8) is 0 Å². The number of anilines is 2. The van der Waals surface area contributed by atoms with E-state index in [4.69, 9.17) is 9.47 Å². The lowest BCUT2D eigenvalue weighted by Gasteiger charge is -2.37. The molecular formula is C26H35N5O3. The van der Waals surface area contributed by atoms with E-state index in [0.717, 1.165) is 54.4 Å². The number of carbonyl (C=O) groups excluding carboxylic acids is 1. The molecule has 0 saturated carbocycles. The van der Waals surface area contributed by atoms with E-state index in [-0.39, 0.29) is 7.33 Å². The molecule has 1 fully saturated rings. The number of aromatic amines is 1. The van der Waals surface area contributed by atoms with E-state index in [1.54, 1.807) is 14.2 Å². The van der Waals surface area contributed by atoms with Gasteiger partial charge in [-0.2, -0.15) is 5.10 Å². The number of hydrogen-bond acceptors (Lipinski definition) is 6. The second-order valence-electron chi connectivity index (χ2n) is 8.87. The Kier molecular flexibility index (Phi) is 7.37. The topological polar surface area (TPSA) is 91.5 Å². The number of aromatic nitrogens is 2. The predicted molar refractivity (Wildman–Crippen MR) is 136 cm³/mol. The zero-order valence-corrected chi connectivity index (χ0v) is 20.2. The lowest BCUT2D eigenvalue weighted by atomic mass is 10.1. The van der Waals surface area contributed by atoms with Gasteiger partial charge in [0.15, 0.2) is 5.82 Å². The van der Waals surface area contributed by atoms with Gasteiger partial charge in [0.1, 0.15) is 11.5 Å². The summed E-state index contributed by atoms with van der Waals surface area (Å²) in [6.45, 7) is 6.29. The van der Waals surface area contributed by atoms with Crippen LogP contribution in [0.1, 0.15) is 36.9 Å². The van der Waals surface area contributed by atoms with Crippen LogP contribution in [0.3, 0.4) is 0 Å². The number of benzene rings is 2. The number of H-pyrrole nitrogens is 1. The Morgan fingerprint density at radius 3 is 2.29 bits per heavy atom. The van der Waals surface area contributed by atoms with Crippen LogP contribution in [0.25, 0.3) is 0 Å². The van der Waals surface area contributed by atoms with Crippen molar-refractivity contribution in [1.29, 1.82) is 0 Å². The van der Waals surface area contributed by atoms with Crippen molar-refractivity contribution in [3.8, 4) is 11.5 Å². The predicted octanol–water partition coefficient (Wildman–Crippen LogP) is 3.90. The minimum Gasteiger partial charge on any atom is -0.497 e. The molecule has 0 bridgehead atoms. The number of amides is 1. The van der Waals surface area contributed by atoms with Gasteiger partial charge in [0.05, 0.1) is 14.2 Å². The largest absolute Gasteiger partial charge is 0.497 e. The summed E-state index contributed by atoms with van der Waals surface area (Å²) >= 11 is 0. The minimum absolute atomic E-state index is 0. The summed E-state index contributed by atoms with van der Waals surface area (Å²) in [7, 11) is 3.28. The van der Waals surface area contributed by atoms with E-state index < -0.39 is 0 Å². The van der Waals surface area contributed by atoms with Crippen LogP contribution in [-0.2, 0) is 12.8 Å². The number of carbonyl (C=O) groups is 1. The molecule has 0 radical (unpaired) electrons. The van der Waals surface area contributed by atoms with Gasteiger partial charge < -0.3 is 25.0 Å². The average Bonchev–Trinajstić information content (AvgIpc) is 3.29. The molecule has 1 amide bonds. The Labute approximate surface area is 202 Å². The first kappa shape index (κ1) is 23.6. The van der Waals surface area contributed by atoms with Crippen molar-refractivity contribution in [3.05, 3.63) is 65.4 Å². The molecule has 1 aliphatic rings. The fourth-order valence-corrected chi connectivity index (χ4v) is 4.39. The SMILES string of the molecule is COc1cc(CCc2cc(NC(=O)c3ccc(N4C[C@@H](C)N[C@@H](C)C4)cc3)n[nH]2)cc(OC)c1.[HH]. The van der Waals surface area contributed by atoms with Crippen molar-refractivity contribution in [2.24, 2.45) is 0 Å². The molecule has 3 aromatic rings. The molecular weight excluding hydrogens is 430 g/mol. The molecule has 2 atom stereocenters. The number of nitrogens with one attached hydrogen (secondary N) is 3. The van der Waals surface area contributed by atoms with Gasteiger partial charge in [0, 0.05) is 55.7 Å². The summed E-state index contributed by atoms with van der Waals surface area (Å²) in [5.74, 6) is 1.86. The van der Waals surface area contributed by atoms with Gasteiger partial charge in [-0.25, -0.2) is 0 Å². The number of nitrogens with zero attached hydrogens (tertiary/aromatic N) is 2. The van der Waals surface area contributed by atoms with Crippen LogP contribution in [0.5, 0.6) is 11.5 Å². The number of methoxy groups -OCH3 is 2. The maximum atomic E-state index is 12.7. The molecule has 0 unspecified atom stereocenters. The summed E-state index contributed by atoms with van der Waals surface area (Å²) in [5, 5.41) is 13.7. The summed E-state index contributed by atoms with van der Waals surface area (Å²) in [5.41, 5.74) is 3.78. The molecule has 0 aliphatic carbocycles. The van der Waals surface area contributed by atoms with Crippen molar-refractivity contribution < 1.29 is 15.7 Å². The maximum Gasteiger partial charge on any atom is 0.256 e. The first-order chi connectivity index (χ1) is 16.4. The highest BCUT2D eigenvalue weighted by molar-refractivity contribution is 6.03. The van der Waals surface area contributed by atoms with E-state index in [9.17, 15) is 4.79 Å². The van der Waals surface area contributed by atoms with Crippen LogP contribution in [0.15, 0.2) is 48.5 Å². The molecule has 34 heavy (non-hydrogen) atoms. The molecule has 2 aromatic carbocycles. The lowest BCUT2D eigenvalue weighted by Crippen LogP contribution is -2.54. The third-order valence-electron chi connectivity index (χ3n) is 6.02. The van der Waals surface area contributed by atoms with Gasteiger partial charge in [-0.05, 0) is 68.7 Å². The first-order valence-electron chi connectivity index (χ1n) is 11.6. The molecule has 4 rings (SSSR count). The Balaban J connectivity index is 0.00000342. The zero-order chi connectivity index (χ0) is 24.1. The second-order valence-corrected chi connectivity index (χ2v) is 8.87. The van der Waals surface area contributed by atoms with Crippen LogP contribution in [-0.4, -0.2) is 55.5 Å².